The molecule has 2 rings (SSSR count). The van der Waals surface area contributed by atoms with Crippen molar-refractivity contribution in [1.82, 2.24) is 10.0 Å². The minimum Gasteiger partial charge on any atom is -0.449 e. The average molecular weight is 415 g/mol. The minimum absolute atomic E-state index is 0.00175. The highest BCUT2D eigenvalue weighted by Gasteiger charge is 2.20. The van der Waals surface area contributed by atoms with Crippen LogP contribution < -0.4 is 10.0 Å². The van der Waals surface area contributed by atoms with E-state index in [1.807, 2.05) is 36.4 Å². The molecule has 0 radical (unpaired) electrons. The van der Waals surface area contributed by atoms with Crippen molar-refractivity contribution in [2.24, 2.45) is 0 Å². The maximum absolute atomic E-state index is 12.2. The van der Waals surface area contributed by atoms with E-state index >= 15 is 0 Å². The summed E-state index contributed by atoms with van der Waals surface area (Å²) in [5, 5.41) is 11.2. The molecule has 0 aliphatic carbocycles. The molecule has 0 aliphatic rings. The van der Waals surface area contributed by atoms with E-state index < -0.39 is 28.0 Å². The highest BCUT2D eigenvalue weighted by Crippen LogP contribution is 2.12. The first-order valence-electron chi connectivity index (χ1n) is 8.83. The predicted octanol–water partition coefficient (Wildman–Crippen LogP) is 1.74. The van der Waals surface area contributed by atoms with Gasteiger partial charge >= 0.3 is 5.97 Å². The van der Waals surface area contributed by atoms with E-state index in [1.165, 1.54) is 31.2 Å². The summed E-state index contributed by atoms with van der Waals surface area (Å²) in [4.78, 5) is 24.3. The number of hydrogen-bond acceptors (Lipinski definition) is 6. The largest absolute Gasteiger partial charge is 0.449 e. The lowest BCUT2D eigenvalue weighted by Crippen LogP contribution is -2.35. The van der Waals surface area contributed by atoms with Crippen LogP contribution in [0.5, 0.6) is 0 Å². The number of carbonyl (C=O) groups is 2. The lowest BCUT2D eigenvalue weighted by Gasteiger charge is -2.14. The van der Waals surface area contributed by atoms with Gasteiger partial charge in [-0.05, 0) is 36.8 Å². The van der Waals surface area contributed by atoms with E-state index in [-0.39, 0.29) is 23.4 Å². The molecule has 0 spiro atoms. The Morgan fingerprint density at radius 3 is 2.38 bits per heavy atom. The molecule has 29 heavy (non-hydrogen) atoms. The van der Waals surface area contributed by atoms with Crippen molar-refractivity contribution in [3.8, 4) is 6.07 Å². The van der Waals surface area contributed by atoms with Gasteiger partial charge in [0.05, 0.1) is 16.5 Å². The van der Waals surface area contributed by atoms with Gasteiger partial charge in [0.15, 0.2) is 6.10 Å². The number of benzene rings is 2. The van der Waals surface area contributed by atoms with Gasteiger partial charge in [-0.15, -0.1) is 0 Å². The van der Waals surface area contributed by atoms with Crippen molar-refractivity contribution < 1.29 is 22.7 Å². The first-order valence-corrected chi connectivity index (χ1v) is 10.3. The molecule has 0 saturated carbocycles. The fourth-order valence-electron chi connectivity index (χ4n) is 2.31. The summed E-state index contributed by atoms with van der Waals surface area (Å²) in [6.07, 6.45) is -0.962. The first-order chi connectivity index (χ1) is 13.8. The van der Waals surface area contributed by atoms with E-state index in [0.29, 0.717) is 6.54 Å². The van der Waals surface area contributed by atoms with Gasteiger partial charge in [0, 0.05) is 19.5 Å². The number of nitriles is 1. The normalized spacial score (nSPS) is 11.9. The van der Waals surface area contributed by atoms with Crippen LogP contribution in [0, 0.1) is 11.3 Å². The Kier molecular flexibility index (Phi) is 7.88. The predicted molar refractivity (Wildman–Crippen MR) is 105 cm³/mol. The van der Waals surface area contributed by atoms with Crippen LogP contribution in [-0.2, 0) is 26.1 Å². The molecule has 0 unspecified atom stereocenters. The second kappa shape index (κ2) is 10.4. The summed E-state index contributed by atoms with van der Waals surface area (Å²) >= 11 is 0. The number of nitrogens with zero attached hydrogens (tertiary/aromatic N) is 1. The standard InChI is InChI=1S/C20H21N3O5S/c1-15(19(24)22-14-16-6-3-2-4-7-16)28-20(25)17-8-10-18(11-9-17)29(26,27)23-13-5-12-21/h2-4,6-11,15,23H,5,13-14H2,1H3,(H,22,24)/t15-/m1/s1. The fourth-order valence-corrected chi connectivity index (χ4v) is 3.34. The van der Waals surface area contributed by atoms with Gasteiger partial charge in [-0.1, -0.05) is 30.3 Å². The van der Waals surface area contributed by atoms with Gasteiger partial charge in [-0.2, -0.15) is 5.26 Å². The van der Waals surface area contributed by atoms with Gasteiger partial charge in [0.25, 0.3) is 5.91 Å². The zero-order chi connectivity index (χ0) is 21.3. The molecular weight excluding hydrogens is 394 g/mol. The molecule has 0 aliphatic heterocycles. The number of sulfonamides is 1. The molecule has 152 valence electrons. The van der Waals surface area contributed by atoms with Crippen LogP contribution in [0.2, 0.25) is 0 Å². The molecular formula is C20H21N3O5S. The number of carbonyl (C=O) groups excluding carboxylic acids is 2. The topological polar surface area (TPSA) is 125 Å². The molecule has 0 bridgehead atoms. The van der Waals surface area contributed by atoms with Crippen LogP contribution in [0.15, 0.2) is 59.5 Å². The molecule has 0 fully saturated rings. The third-order valence-corrected chi connectivity index (χ3v) is 5.37. The number of nitrogens with one attached hydrogen (secondary N) is 2. The molecule has 0 saturated heterocycles. The molecule has 2 N–H and O–H groups in total. The summed E-state index contributed by atoms with van der Waals surface area (Å²) in [5.41, 5.74) is 1.03. The van der Waals surface area contributed by atoms with E-state index in [9.17, 15) is 18.0 Å². The maximum Gasteiger partial charge on any atom is 0.338 e. The summed E-state index contributed by atoms with van der Waals surface area (Å²) in [6.45, 7) is 1.77. The van der Waals surface area contributed by atoms with Crippen molar-refractivity contribution in [2.45, 2.75) is 30.9 Å². The third kappa shape index (κ3) is 6.71. The Balaban J connectivity index is 1.91. The molecule has 9 heteroatoms. The molecule has 8 nitrogen and oxygen atoms in total. The Labute approximate surface area is 169 Å². The number of ether oxygens (including phenoxy) is 1. The zero-order valence-electron chi connectivity index (χ0n) is 15.8. The number of rotatable bonds is 9. The molecule has 1 amide bonds. The monoisotopic (exact) mass is 415 g/mol. The summed E-state index contributed by atoms with van der Waals surface area (Å²) in [5.74, 6) is -1.18. The Bertz CT molecular complexity index is 983. The van der Waals surface area contributed by atoms with E-state index in [0.717, 1.165) is 5.56 Å². The molecule has 0 heterocycles. The fraction of sp³-hybridized carbons (Fsp3) is 0.250. The smallest absolute Gasteiger partial charge is 0.338 e. The number of amides is 1. The Morgan fingerprint density at radius 2 is 1.76 bits per heavy atom. The number of esters is 1. The second-order valence-electron chi connectivity index (χ2n) is 6.08. The van der Waals surface area contributed by atoms with Gasteiger partial charge in [0.1, 0.15) is 0 Å². The Morgan fingerprint density at radius 1 is 1.10 bits per heavy atom. The molecule has 2 aromatic carbocycles. The molecule has 2 aromatic rings. The van der Waals surface area contributed by atoms with Gasteiger partial charge in [-0.3, -0.25) is 4.79 Å². The first kappa shape index (κ1) is 22.1. The quantitative estimate of drug-likeness (QED) is 0.475. The van der Waals surface area contributed by atoms with Gasteiger partial charge in [-0.25, -0.2) is 17.9 Å². The van der Waals surface area contributed by atoms with Crippen molar-refractivity contribution in [2.75, 3.05) is 6.54 Å². The highest BCUT2D eigenvalue weighted by molar-refractivity contribution is 7.89. The van der Waals surface area contributed by atoms with Crippen molar-refractivity contribution in [3.63, 3.8) is 0 Å². The van der Waals surface area contributed by atoms with E-state index in [1.54, 1.807) is 0 Å². The Hall–Kier alpha value is -3.22. The minimum atomic E-state index is -3.76. The van der Waals surface area contributed by atoms with Crippen LogP contribution in [0.1, 0.15) is 29.3 Å². The van der Waals surface area contributed by atoms with Crippen LogP contribution in [-0.4, -0.2) is 32.9 Å². The van der Waals surface area contributed by atoms with Crippen molar-refractivity contribution >= 4 is 21.9 Å². The summed E-state index contributed by atoms with van der Waals surface area (Å²) < 4.78 is 31.5. The molecule has 0 aromatic heterocycles. The van der Waals surface area contributed by atoms with Crippen LogP contribution in [0.3, 0.4) is 0 Å². The van der Waals surface area contributed by atoms with Crippen molar-refractivity contribution in [1.29, 1.82) is 5.26 Å². The molecule has 1 atom stereocenters. The summed E-state index contributed by atoms with van der Waals surface area (Å²) in [6, 6.07) is 16.3. The van der Waals surface area contributed by atoms with Crippen molar-refractivity contribution in [3.05, 3.63) is 65.7 Å². The SMILES string of the molecule is C[C@@H](OC(=O)c1ccc(S(=O)(=O)NCCC#N)cc1)C(=O)NCc1ccccc1. The third-order valence-electron chi connectivity index (χ3n) is 3.89. The zero-order valence-corrected chi connectivity index (χ0v) is 16.6. The summed E-state index contributed by atoms with van der Waals surface area (Å²) in [7, 11) is -3.76. The van der Waals surface area contributed by atoms with Crippen LogP contribution in [0.4, 0.5) is 0 Å². The van der Waals surface area contributed by atoms with E-state index in [4.69, 9.17) is 10.00 Å². The lowest BCUT2D eigenvalue weighted by molar-refractivity contribution is -0.129. The van der Waals surface area contributed by atoms with Crippen LogP contribution in [0.25, 0.3) is 0 Å². The highest BCUT2D eigenvalue weighted by atomic mass is 32.2. The average Bonchev–Trinajstić information content (AvgIpc) is 2.72. The van der Waals surface area contributed by atoms with Gasteiger partial charge < -0.3 is 10.1 Å². The number of hydrogen-bond donors (Lipinski definition) is 2. The van der Waals surface area contributed by atoms with Crippen LogP contribution >= 0.6 is 0 Å². The lowest BCUT2D eigenvalue weighted by atomic mass is 10.2. The van der Waals surface area contributed by atoms with Gasteiger partial charge in [0.2, 0.25) is 10.0 Å². The maximum atomic E-state index is 12.2. The van der Waals surface area contributed by atoms with E-state index in [2.05, 4.69) is 10.0 Å². The second-order valence-corrected chi connectivity index (χ2v) is 7.85.